The number of nitrogens with one attached hydrogen (secondary N) is 2. The molecular weight excluding hydrogens is 253 g/mol. The summed E-state index contributed by atoms with van der Waals surface area (Å²) in [6.45, 7) is 3.47. The maximum atomic E-state index is 13.8. The van der Waals surface area contributed by atoms with Crippen LogP contribution < -0.4 is 16.6 Å². The Balaban J connectivity index is 2.28. The SMILES string of the molecule is Cc1noc(NC(=O)c2ccnc(NN)c2F)c1C. The summed E-state index contributed by atoms with van der Waals surface area (Å²) in [5.74, 6) is 3.55. The standard InChI is InChI=1S/C11H12FN5O2/c1-5-6(2)17-19-11(5)15-10(18)7-3-4-14-9(16-13)8(7)12/h3-4H,13H2,1-2H3,(H,14,16)(H,15,18). The highest BCUT2D eigenvalue weighted by Gasteiger charge is 2.18. The van der Waals surface area contributed by atoms with E-state index in [2.05, 4.69) is 20.9 Å². The molecule has 0 radical (unpaired) electrons. The zero-order valence-corrected chi connectivity index (χ0v) is 10.3. The van der Waals surface area contributed by atoms with Gasteiger partial charge in [0.1, 0.15) is 0 Å². The van der Waals surface area contributed by atoms with Gasteiger partial charge in [0.25, 0.3) is 5.91 Å². The summed E-state index contributed by atoms with van der Waals surface area (Å²) < 4.78 is 18.7. The Hall–Kier alpha value is -2.48. The summed E-state index contributed by atoms with van der Waals surface area (Å²) >= 11 is 0. The van der Waals surface area contributed by atoms with Crippen LogP contribution in [0.4, 0.5) is 16.1 Å². The molecule has 100 valence electrons. The summed E-state index contributed by atoms with van der Waals surface area (Å²) in [4.78, 5) is 15.6. The van der Waals surface area contributed by atoms with Gasteiger partial charge < -0.3 is 9.95 Å². The molecule has 19 heavy (non-hydrogen) atoms. The summed E-state index contributed by atoms with van der Waals surface area (Å²) in [7, 11) is 0. The topological polar surface area (TPSA) is 106 Å². The molecule has 0 fully saturated rings. The Kier molecular flexibility index (Phi) is 3.43. The molecule has 0 unspecified atom stereocenters. The first-order valence-electron chi connectivity index (χ1n) is 5.40. The molecule has 0 atom stereocenters. The fourth-order valence-corrected chi connectivity index (χ4v) is 1.42. The third-order valence-corrected chi connectivity index (χ3v) is 2.65. The highest BCUT2D eigenvalue weighted by atomic mass is 19.1. The Morgan fingerprint density at radius 3 is 2.79 bits per heavy atom. The van der Waals surface area contributed by atoms with Gasteiger partial charge in [-0.1, -0.05) is 5.16 Å². The molecular formula is C11H12FN5O2. The smallest absolute Gasteiger partial charge is 0.261 e. The van der Waals surface area contributed by atoms with Crippen molar-refractivity contribution in [2.24, 2.45) is 5.84 Å². The first kappa shape index (κ1) is 13.0. The number of hydrogen-bond acceptors (Lipinski definition) is 6. The number of carbonyl (C=O) groups excluding carboxylic acids is 1. The van der Waals surface area contributed by atoms with E-state index in [9.17, 15) is 9.18 Å². The lowest BCUT2D eigenvalue weighted by atomic mass is 10.2. The third-order valence-electron chi connectivity index (χ3n) is 2.65. The highest BCUT2D eigenvalue weighted by Crippen LogP contribution is 2.20. The van der Waals surface area contributed by atoms with Gasteiger partial charge in [-0.25, -0.2) is 15.2 Å². The number of aromatic nitrogens is 2. The van der Waals surface area contributed by atoms with Gasteiger partial charge in [-0.05, 0) is 19.9 Å². The largest absolute Gasteiger partial charge is 0.338 e. The normalized spacial score (nSPS) is 10.3. The van der Waals surface area contributed by atoms with Crippen molar-refractivity contribution in [3.8, 4) is 0 Å². The van der Waals surface area contributed by atoms with Gasteiger partial charge in [0.2, 0.25) is 5.88 Å². The van der Waals surface area contributed by atoms with Crippen LogP contribution in [0.5, 0.6) is 0 Å². The number of anilines is 2. The number of halogens is 1. The summed E-state index contributed by atoms with van der Waals surface area (Å²) in [6, 6.07) is 1.24. The average molecular weight is 265 g/mol. The van der Waals surface area contributed by atoms with Gasteiger partial charge in [0, 0.05) is 11.8 Å². The monoisotopic (exact) mass is 265 g/mol. The van der Waals surface area contributed by atoms with Crippen molar-refractivity contribution in [3.05, 3.63) is 34.9 Å². The number of amides is 1. The van der Waals surface area contributed by atoms with Gasteiger partial charge in [-0.3, -0.25) is 10.1 Å². The maximum Gasteiger partial charge on any atom is 0.261 e. The number of carbonyl (C=O) groups is 1. The van der Waals surface area contributed by atoms with Crippen LogP contribution in [0, 0.1) is 19.7 Å². The van der Waals surface area contributed by atoms with E-state index in [1.807, 2.05) is 0 Å². The van der Waals surface area contributed by atoms with E-state index in [0.717, 1.165) is 0 Å². The molecule has 2 heterocycles. The van der Waals surface area contributed by atoms with Crippen molar-refractivity contribution in [1.29, 1.82) is 0 Å². The summed E-state index contributed by atoms with van der Waals surface area (Å²) in [5, 5.41) is 6.13. The van der Waals surface area contributed by atoms with E-state index < -0.39 is 11.7 Å². The molecule has 0 aliphatic rings. The lowest BCUT2D eigenvalue weighted by molar-refractivity contribution is 0.102. The van der Waals surface area contributed by atoms with Crippen molar-refractivity contribution in [2.75, 3.05) is 10.7 Å². The molecule has 0 saturated carbocycles. The number of hydrazine groups is 1. The first-order chi connectivity index (χ1) is 9.04. The van der Waals surface area contributed by atoms with Crippen LogP contribution in [0.15, 0.2) is 16.8 Å². The van der Waals surface area contributed by atoms with Gasteiger partial charge in [-0.15, -0.1) is 0 Å². The van der Waals surface area contributed by atoms with Crippen molar-refractivity contribution in [1.82, 2.24) is 10.1 Å². The van der Waals surface area contributed by atoms with Gasteiger partial charge in [-0.2, -0.15) is 0 Å². The second kappa shape index (κ2) is 5.02. The first-order valence-corrected chi connectivity index (χ1v) is 5.40. The number of hydrogen-bond donors (Lipinski definition) is 3. The lowest BCUT2D eigenvalue weighted by Crippen LogP contribution is -2.17. The molecule has 0 aliphatic carbocycles. The van der Waals surface area contributed by atoms with Crippen molar-refractivity contribution in [3.63, 3.8) is 0 Å². The Labute approximate surface area is 108 Å². The molecule has 2 rings (SSSR count). The minimum atomic E-state index is -0.837. The van der Waals surface area contributed by atoms with Crippen LogP contribution in [-0.4, -0.2) is 16.0 Å². The van der Waals surface area contributed by atoms with Crippen molar-refractivity contribution in [2.45, 2.75) is 13.8 Å². The molecule has 0 saturated heterocycles. The van der Waals surface area contributed by atoms with E-state index in [1.165, 1.54) is 12.3 Å². The second-order valence-electron chi connectivity index (χ2n) is 3.84. The number of nitrogens with two attached hydrogens (primary N) is 1. The number of nitrogen functional groups attached to an aromatic ring is 1. The molecule has 0 bridgehead atoms. The minimum absolute atomic E-state index is 0.181. The molecule has 1 amide bonds. The van der Waals surface area contributed by atoms with Crippen LogP contribution in [-0.2, 0) is 0 Å². The fourth-order valence-electron chi connectivity index (χ4n) is 1.42. The van der Waals surface area contributed by atoms with Crippen LogP contribution in [0.3, 0.4) is 0 Å². The van der Waals surface area contributed by atoms with Crippen LogP contribution in [0.25, 0.3) is 0 Å². The van der Waals surface area contributed by atoms with E-state index in [-0.39, 0.29) is 17.3 Å². The van der Waals surface area contributed by atoms with Crippen LogP contribution >= 0.6 is 0 Å². The number of rotatable bonds is 3. The zero-order chi connectivity index (χ0) is 14.0. The van der Waals surface area contributed by atoms with E-state index in [0.29, 0.717) is 11.3 Å². The Bertz CT molecular complexity index is 626. The number of aryl methyl sites for hydroxylation is 1. The highest BCUT2D eigenvalue weighted by molar-refractivity contribution is 6.04. The molecule has 0 aromatic carbocycles. The molecule has 8 heteroatoms. The Morgan fingerprint density at radius 1 is 1.47 bits per heavy atom. The van der Waals surface area contributed by atoms with E-state index >= 15 is 0 Å². The van der Waals surface area contributed by atoms with Crippen molar-refractivity contribution < 1.29 is 13.7 Å². The number of pyridine rings is 1. The average Bonchev–Trinajstić information content (AvgIpc) is 2.71. The lowest BCUT2D eigenvalue weighted by Gasteiger charge is -2.06. The molecule has 0 spiro atoms. The van der Waals surface area contributed by atoms with Crippen LogP contribution in [0.1, 0.15) is 21.6 Å². The van der Waals surface area contributed by atoms with E-state index in [1.54, 1.807) is 13.8 Å². The minimum Gasteiger partial charge on any atom is -0.338 e. The molecule has 4 N–H and O–H groups in total. The summed E-state index contributed by atoms with van der Waals surface area (Å²) in [6.07, 6.45) is 1.27. The molecule has 2 aromatic heterocycles. The maximum absolute atomic E-state index is 13.8. The third kappa shape index (κ3) is 2.38. The fraction of sp³-hybridized carbons (Fsp3) is 0.182. The van der Waals surface area contributed by atoms with Gasteiger partial charge in [0.15, 0.2) is 11.6 Å². The predicted molar refractivity (Wildman–Crippen MR) is 65.9 cm³/mol. The number of nitrogens with zero attached hydrogens (tertiary/aromatic N) is 2. The second-order valence-corrected chi connectivity index (χ2v) is 3.84. The predicted octanol–water partition coefficient (Wildman–Crippen LogP) is 1.36. The molecule has 7 nitrogen and oxygen atoms in total. The quantitative estimate of drug-likeness (QED) is 0.571. The molecule has 0 aliphatic heterocycles. The molecule has 2 aromatic rings. The summed E-state index contributed by atoms with van der Waals surface area (Å²) in [5.41, 5.74) is 3.20. The van der Waals surface area contributed by atoms with E-state index in [4.69, 9.17) is 10.4 Å². The van der Waals surface area contributed by atoms with Gasteiger partial charge >= 0.3 is 0 Å². The Morgan fingerprint density at radius 2 is 2.21 bits per heavy atom. The van der Waals surface area contributed by atoms with Crippen LogP contribution in [0.2, 0.25) is 0 Å². The van der Waals surface area contributed by atoms with Crippen molar-refractivity contribution >= 4 is 17.6 Å². The zero-order valence-electron chi connectivity index (χ0n) is 10.3. The van der Waals surface area contributed by atoms with Gasteiger partial charge in [0.05, 0.1) is 11.3 Å².